The first-order valence-electron chi connectivity index (χ1n) is 5.48. The third-order valence-corrected chi connectivity index (χ3v) is 2.57. The van der Waals surface area contributed by atoms with E-state index in [2.05, 4.69) is 20.5 Å². The number of anilines is 1. The Morgan fingerprint density at radius 2 is 2.32 bits per heavy atom. The number of aromatic carboxylic acids is 1. The first kappa shape index (κ1) is 12.9. The monoisotopic (exact) mass is 265 g/mol. The zero-order valence-corrected chi connectivity index (χ0v) is 10.3. The van der Waals surface area contributed by atoms with E-state index in [1.54, 1.807) is 18.5 Å². The second-order valence-electron chi connectivity index (χ2n) is 4.02. The van der Waals surface area contributed by atoms with Crippen LogP contribution in [0.4, 0.5) is 10.2 Å². The van der Waals surface area contributed by atoms with Crippen LogP contribution in [0.5, 0.6) is 0 Å². The van der Waals surface area contributed by atoms with E-state index in [-0.39, 0.29) is 17.4 Å². The van der Waals surface area contributed by atoms with Gasteiger partial charge in [0.2, 0.25) is 0 Å². The van der Waals surface area contributed by atoms with Crippen LogP contribution >= 0.6 is 0 Å². The predicted molar refractivity (Wildman–Crippen MR) is 64.2 cm³/mol. The number of hydrogen-bond acceptors (Lipinski definition) is 5. The van der Waals surface area contributed by atoms with Crippen LogP contribution in [-0.2, 0) is 7.05 Å². The molecule has 0 aliphatic rings. The summed E-state index contributed by atoms with van der Waals surface area (Å²) in [6, 6.07) is 0.602. The number of nitrogens with one attached hydrogen (secondary N) is 1. The molecule has 0 spiro atoms. The van der Waals surface area contributed by atoms with Crippen LogP contribution in [0.1, 0.15) is 29.1 Å². The van der Waals surface area contributed by atoms with Crippen molar-refractivity contribution in [3.05, 3.63) is 35.8 Å². The molecule has 1 unspecified atom stereocenters. The van der Waals surface area contributed by atoms with Crippen molar-refractivity contribution in [1.82, 2.24) is 19.7 Å². The normalized spacial score (nSPS) is 12.2. The third-order valence-electron chi connectivity index (χ3n) is 2.57. The standard InChI is InChI=1S/C11H12FN5O2/c1-6(10-16-14-5-17(10)2)15-9-8(11(18)19)3-7(12)4-13-9/h3-6H,1-2H3,(H,13,15)(H,18,19). The van der Waals surface area contributed by atoms with Gasteiger partial charge in [-0.1, -0.05) is 0 Å². The second-order valence-corrected chi connectivity index (χ2v) is 4.02. The summed E-state index contributed by atoms with van der Waals surface area (Å²) >= 11 is 0. The summed E-state index contributed by atoms with van der Waals surface area (Å²) in [5.41, 5.74) is -0.228. The molecule has 100 valence electrons. The maximum atomic E-state index is 13.0. The van der Waals surface area contributed by atoms with E-state index in [0.717, 1.165) is 12.3 Å². The number of halogens is 1. The van der Waals surface area contributed by atoms with Gasteiger partial charge in [0.1, 0.15) is 23.5 Å². The summed E-state index contributed by atoms with van der Waals surface area (Å²) < 4.78 is 14.7. The van der Waals surface area contributed by atoms with E-state index >= 15 is 0 Å². The largest absolute Gasteiger partial charge is 0.478 e. The van der Waals surface area contributed by atoms with Crippen molar-refractivity contribution in [1.29, 1.82) is 0 Å². The minimum atomic E-state index is -1.25. The number of carboxylic acids is 1. The van der Waals surface area contributed by atoms with Crippen LogP contribution in [0.3, 0.4) is 0 Å². The number of carboxylic acid groups (broad SMARTS) is 1. The Morgan fingerprint density at radius 3 is 2.89 bits per heavy atom. The van der Waals surface area contributed by atoms with Crippen molar-refractivity contribution in [2.75, 3.05) is 5.32 Å². The molecule has 8 heteroatoms. The van der Waals surface area contributed by atoms with Crippen LogP contribution in [0, 0.1) is 5.82 Å². The second kappa shape index (κ2) is 5.01. The lowest BCUT2D eigenvalue weighted by molar-refractivity contribution is 0.0697. The van der Waals surface area contributed by atoms with Gasteiger partial charge >= 0.3 is 5.97 Å². The number of carbonyl (C=O) groups is 1. The van der Waals surface area contributed by atoms with Crippen molar-refractivity contribution in [2.45, 2.75) is 13.0 Å². The van der Waals surface area contributed by atoms with Crippen LogP contribution < -0.4 is 5.32 Å². The van der Waals surface area contributed by atoms with Crippen LogP contribution in [0.15, 0.2) is 18.6 Å². The molecule has 2 aromatic rings. The van der Waals surface area contributed by atoms with Gasteiger partial charge in [0.25, 0.3) is 0 Å². The highest BCUT2D eigenvalue weighted by atomic mass is 19.1. The Bertz CT molecular complexity index is 613. The molecule has 0 aromatic carbocycles. The smallest absolute Gasteiger partial charge is 0.339 e. The first-order chi connectivity index (χ1) is 8.99. The Kier molecular flexibility index (Phi) is 3.41. The molecule has 0 amide bonds. The van der Waals surface area contributed by atoms with Gasteiger partial charge in [-0.15, -0.1) is 10.2 Å². The molecule has 0 saturated heterocycles. The summed E-state index contributed by atoms with van der Waals surface area (Å²) in [4.78, 5) is 14.8. The summed E-state index contributed by atoms with van der Waals surface area (Å²) in [5, 5.41) is 19.5. The fourth-order valence-corrected chi connectivity index (χ4v) is 1.67. The highest BCUT2D eigenvalue weighted by Gasteiger charge is 2.17. The Balaban J connectivity index is 2.29. The number of aromatic nitrogens is 4. The van der Waals surface area contributed by atoms with Gasteiger partial charge in [-0.2, -0.15) is 0 Å². The van der Waals surface area contributed by atoms with Gasteiger partial charge in [0, 0.05) is 7.05 Å². The molecule has 0 aliphatic heterocycles. The van der Waals surface area contributed by atoms with Gasteiger partial charge in [-0.25, -0.2) is 14.2 Å². The number of nitrogens with zero attached hydrogens (tertiary/aromatic N) is 4. The number of hydrogen-bond donors (Lipinski definition) is 2. The van der Waals surface area contributed by atoms with E-state index in [1.807, 2.05) is 0 Å². The van der Waals surface area contributed by atoms with Gasteiger partial charge in [-0.05, 0) is 13.0 Å². The minimum Gasteiger partial charge on any atom is -0.478 e. The van der Waals surface area contributed by atoms with Crippen molar-refractivity contribution in [3.63, 3.8) is 0 Å². The molecule has 2 N–H and O–H groups in total. The average Bonchev–Trinajstić information content (AvgIpc) is 2.77. The topological polar surface area (TPSA) is 92.9 Å². The third kappa shape index (κ3) is 2.67. The molecule has 19 heavy (non-hydrogen) atoms. The molecule has 2 rings (SSSR count). The summed E-state index contributed by atoms with van der Waals surface area (Å²) in [6.45, 7) is 1.78. The highest BCUT2D eigenvalue weighted by molar-refractivity contribution is 5.93. The molecular weight excluding hydrogens is 253 g/mol. The minimum absolute atomic E-state index is 0.0874. The van der Waals surface area contributed by atoms with E-state index in [0.29, 0.717) is 5.82 Å². The quantitative estimate of drug-likeness (QED) is 0.863. The zero-order valence-electron chi connectivity index (χ0n) is 10.3. The Labute approximate surface area is 108 Å². The maximum Gasteiger partial charge on any atom is 0.339 e. The van der Waals surface area contributed by atoms with Gasteiger partial charge in [-0.3, -0.25) is 0 Å². The first-order valence-corrected chi connectivity index (χ1v) is 5.48. The fraction of sp³-hybridized carbons (Fsp3) is 0.273. The molecule has 2 heterocycles. The summed E-state index contributed by atoms with van der Waals surface area (Å²) in [5.74, 6) is -1.25. The van der Waals surface area contributed by atoms with Crippen LogP contribution in [0.2, 0.25) is 0 Å². The lowest BCUT2D eigenvalue weighted by atomic mass is 10.2. The summed E-state index contributed by atoms with van der Waals surface area (Å²) in [7, 11) is 1.77. The van der Waals surface area contributed by atoms with Crippen molar-refractivity contribution in [2.24, 2.45) is 7.05 Å². The van der Waals surface area contributed by atoms with Crippen molar-refractivity contribution in [3.8, 4) is 0 Å². The van der Waals surface area contributed by atoms with Gasteiger partial charge in [0.15, 0.2) is 5.82 Å². The fourth-order valence-electron chi connectivity index (χ4n) is 1.67. The average molecular weight is 265 g/mol. The molecule has 7 nitrogen and oxygen atoms in total. The molecule has 1 atom stereocenters. The predicted octanol–water partition coefficient (Wildman–Crippen LogP) is 1.22. The highest BCUT2D eigenvalue weighted by Crippen LogP contribution is 2.19. The number of pyridine rings is 1. The van der Waals surface area contributed by atoms with E-state index in [4.69, 9.17) is 5.11 Å². The Hall–Kier alpha value is -2.51. The summed E-state index contributed by atoms with van der Waals surface area (Å²) in [6.07, 6.45) is 2.49. The van der Waals surface area contributed by atoms with Gasteiger partial charge in [0.05, 0.1) is 12.2 Å². The molecule has 0 radical (unpaired) electrons. The molecule has 0 saturated carbocycles. The Morgan fingerprint density at radius 1 is 1.58 bits per heavy atom. The number of aryl methyl sites for hydroxylation is 1. The van der Waals surface area contributed by atoms with E-state index in [9.17, 15) is 9.18 Å². The maximum absolute atomic E-state index is 13.0. The molecule has 0 fully saturated rings. The number of rotatable bonds is 4. The molecule has 0 bridgehead atoms. The van der Waals surface area contributed by atoms with Crippen molar-refractivity contribution < 1.29 is 14.3 Å². The van der Waals surface area contributed by atoms with Crippen LogP contribution in [-0.4, -0.2) is 30.8 Å². The lowest BCUT2D eigenvalue weighted by Gasteiger charge is -2.15. The molecule has 2 aromatic heterocycles. The zero-order chi connectivity index (χ0) is 14.0. The van der Waals surface area contributed by atoms with E-state index < -0.39 is 11.8 Å². The lowest BCUT2D eigenvalue weighted by Crippen LogP contribution is -2.15. The van der Waals surface area contributed by atoms with Gasteiger partial charge < -0.3 is 15.0 Å². The van der Waals surface area contributed by atoms with E-state index in [1.165, 1.54) is 6.33 Å². The molecule has 0 aliphatic carbocycles. The SMILES string of the molecule is CC(Nc1ncc(F)cc1C(=O)O)c1nncn1C. The van der Waals surface area contributed by atoms with Crippen LogP contribution in [0.25, 0.3) is 0 Å². The van der Waals surface area contributed by atoms with Crippen molar-refractivity contribution >= 4 is 11.8 Å². The molecular formula is C11H12FN5O2.